The number of likely N-dealkylation sites (tertiary alicyclic amines) is 1. The van der Waals surface area contributed by atoms with Crippen molar-refractivity contribution in [2.24, 2.45) is 5.92 Å². The molecule has 1 amide bonds. The molecule has 1 aliphatic heterocycles. The molecule has 1 rings (SSSR count). The fourth-order valence-electron chi connectivity index (χ4n) is 2.83. The van der Waals surface area contributed by atoms with Crippen molar-refractivity contribution in [2.75, 3.05) is 20.3 Å². The molecular formula is C17H34N2O3. The van der Waals surface area contributed by atoms with E-state index in [2.05, 4.69) is 26.1 Å². The summed E-state index contributed by atoms with van der Waals surface area (Å²) in [7, 11) is 1.74. The van der Waals surface area contributed by atoms with Crippen LogP contribution < -0.4 is 5.32 Å². The van der Waals surface area contributed by atoms with E-state index >= 15 is 0 Å². The van der Waals surface area contributed by atoms with E-state index < -0.39 is 5.60 Å². The standard InChI is InChI=1S/C17H34N2O3/c1-12(2)15(11-21-7)18-14-8-9-19(13(3)10-14)16(20)22-17(4,5)6/h12-15,18H,8-11H2,1-7H3. The molecule has 3 unspecified atom stereocenters. The van der Waals surface area contributed by atoms with E-state index in [0.717, 1.165) is 26.0 Å². The second-order valence-corrected chi connectivity index (χ2v) is 7.72. The Morgan fingerprint density at radius 2 is 2.00 bits per heavy atom. The van der Waals surface area contributed by atoms with Crippen LogP contribution in [0.1, 0.15) is 54.4 Å². The Morgan fingerprint density at radius 1 is 1.36 bits per heavy atom. The highest BCUT2D eigenvalue weighted by Crippen LogP contribution is 2.21. The van der Waals surface area contributed by atoms with Crippen molar-refractivity contribution in [2.45, 2.75) is 78.1 Å². The number of nitrogens with one attached hydrogen (secondary N) is 1. The van der Waals surface area contributed by atoms with E-state index in [4.69, 9.17) is 9.47 Å². The monoisotopic (exact) mass is 314 g/mol. The highest BCUT2D eigenvalue weighted by molar-refractivity contribution is 5.68. The molecule has 0 saturated carbocycles. The third-order valence-corrected chi connectivity index (χ3v) is 4.10. The lowest BCUT2D eigenvalue weighted by molar-refractivity contribution is 0.00805. The topological polar surface area (TPSA) is 50.8 Å². The number of hydrogen-bond acceptors (Lipinski definition) is 4. The van der Waals surface area contributed by atoms with Gasteiger partial charge < -0.3 is 19.7 Å². The first kappa shape index (κ1) is 19.2. The first-order valence-corrected chi connectivity index (χ1v) is 8.38. The second kappa shape index (κ2) is 8.16. The Hall–Kier alpha value is -0.810. The molecule has 0 aliphatic carbocycles. The Bertz CT molecular complexity index is 352. The van der Waals surface area contributed by atoms with Gasteiger partial charge in [-0.2, -0.15) is 0 Å². The van der Waals surface area contributed by atoms with Gasteiger partial charge in [-0.1, -0.05) is 13.8 Å². The zero-order valence-corrected chi connectivity index (χ0v) is 15.3. The molecule has 0 bridgehead atoms. The zero-order chi connectivity index (χ0) is 16.9. The third kappa shape index (κ3) is 6.13. The molecule has 0 aromatic heterocycles. The van der Waals surface area contributed by atoms with Gasteiger partial charge in [0.25, 0.3) is 0 Å². The average Bonchev–Trinajstić information content (AvgIpc) is 2.35. The van der Waals surface area contributed by atoms with Gasteiger partial charge in [0, 0.05) is 31.8 Å². The van der Waals surface area contributed by atoms with Crippen LogP contribution in [0.25, 0.3) is 0 Å². The predicted octanol–water partition coefficient (Wildman–Crippen LogP) is 3.04. The van der Waals surface area contributed by atoms with Crippen molar-refractivity contribution in [3.05, 3.63) is 0 Å². The van der Waals surface area contributed by atoms with Crippen molar-refractivity contribution in [1.29, 1.82) is 0 Å². The quantitative estimate of drug-likeness (QED) is 0.847. The molecular weight excluding hydrogens is 280 g/mol. The Morgan fingerprint density at radius 3 is 2.45 bits per heavy atom. The Kier molecular flexibility index (Phi) is 7.13. The lowest BCUT2D eigenvalue weighted by atomic mass is 9.96. The van der Waals surface area contributed by atoms with Gasteiger partial charge in [-0.25, -0.2) is 4.79 Å². The molecule has 5 nitrogen and oxygen atoms in total. The number of rotatable bonds is 5. The molecule has 5 heteroatoms. The molecule has 0 aromatic carbocycles. The summed E-state index contributed by atoms with van der Waals surface area (Å²) >= 11 is 0. The number of carbonyl (C=O) groups is 1. The molecule has 1 heterocycles. The fraction of sp³-hybridized carbons (Fsp3) is 0.941. The number of carbonyl (C=O) groups excluding carboxylic acids is 1. The van der Waals surface area contributed by atoms with Gasteiger partial charge in [-0.3, -0.25) is 0 Å². The largest absolute Gasteiger partial charge is 0.444 e. The summed E-state index contributed by atoms with van der Waals surface area (Å²) in [5, 5.41) is 3.69. The summed E-state index contributed by atoms with van der Waals surface area (Å²) in [6.45, 7) is 13.7. The van der Waals surface area contributed by atoms with Crippen molar-refractivity contribution >= 4 is 6.09 Å². The fourth-order valence-corrected chi connectivity index (χ4v) is 2.83. The van der Waals surface area contributed by atoms with E-state index in [-0.39, 0.29) is 12.1 Å². The van der Waals surface area contributed by atoms with Crippen LogP contribution in [0.15, 0.2) is 0 Å². The maximum absolute atomic E-state index is 12.2. The van der Waals surface area contributed by atoms with Gasteiger partial charge in [0.15, 0.2) is 0 Å². The molecule has 3 atom stereocenters. The van der Waals surface area contributed by atoms with E-state index in [1.54, 1.807) is 7.11 Å². The summed E-state index contributed by atoms with van der Waals surface area (Å²) in [5.74, 6) is 0.527. The molecule has 1 fully saturated rings. The highest BCUT2D eigenvalue weighted by Gasteiger charge is 2.32. The molecule has 0 spiro atoms. The van der Waals surface area contributed by atoms with Crippen molar-refractivity contribution < 1.29 is 14.3 Å². The van der Waals surface area contributed by atoms with Crippen LogP contribution in [0.5, 0.6) is 0 Å². The summed E-state index contributed by atoms with van der Waals surface area (Å²) in [4.78, 5) is 14.1. The molecule has 1 saturated heterocycles. The molecule has 1 N–H and O–H groups in total. The Labute approximate surface area is 135 Å². The molecule has 130 valence electrons. The van der Waals surface area contributed by atoms with Gasteiger partial charge in [0.1, 0.15) is 5.60 Å². The molecule has 0 aromatic rings. The van der Waals surface area contributed by atoms with Crippen LogP contribution in [0.4, 0.5) is 4.79 Å². The molecule has 22 heavy (non-hydrogen) atoms. The summed E-state index contributed by atoms with van der Waals surface area (Å²) < 4.78 is 10.8. The summed E-state index contributed by atoms with van der Waals surface area (Å²) in [5.41, 5.74) is -0.437. The minimum atomic E-state index is -0.437. The van der Waals surface area contributed by atoms with E-state index in [1.165, 1.54) is 0 Å². The van der Waals surface area contributed by atoms with E-state index in [9.17, 15) is 4.79 Å². The molecule has 0 radical (unpaired) electrons. The van der Waals surface area contributed by atoms with E-state index in [0.29, 0.717) is 18.0 Å². The van der Waals surface area contributed by atoms with Gasteiger partial charge in [0.2, 0.25) is 0 Å². The minimum absolute atomic E-state index is 0.191. The molecule has 1 aliphatic rings. The van der Waals surface area contributed by atoms with Crippen LogP contribution in [-0.2, 0) is 9.47 Å². The number of piperidine rings is 1. The van der Waals surface area contributed by atoms with Crippen LogP contribution in [0.2, 0.25) is 0 Å². The zero-order valence-electron chi connectivity index (χ0n) is 15.3. The van der Waals surface area contributed by atoms with Crippen molar-refractivity contribution in [1.82, 2.24) is 10.2 Å². The maximum Gasteiger partial charge on any atom is 0.410 e. The summed E-state index contributed by atoms with van der Waals surface area (Å²) in [6.07, 6.45) is 1.71. The number of hydrogen-bond donors (Lipinski definition) is 1. The maximum atomic E-state index is 12.2. The first-order chi connectivity index (χ1) is 10.1. The average molecular weight is 314 g/mol. The van der Waals surface area contributed by atoms with Crippen LogP contribution in [0, 0.1) is 5.92 Å². The number of nitrogens with zero attached hydrogens (tertiary/aromatic N) is 1. The lowest BCUT2D eigenvalue weighted by Crippen LogP contribution is -2.54. The van der Waals surface area contributed by atoms with Crippen LogP contribution in [0.3, 0.4) is 0 Å². The van der Waals surface area contributed by atoms with Gasteiger partial charge in [-0.15, -0.1) is 0 Å². The van der Waals surface area contributed by atoms with Crippen molar-refractivity contribution in [3.63, 3.8) is 0 Å². The predicted molar refractivity (Wildman–Crippen MR) is 89.1 cm³/mol. The lowest BCUT2D eigenvalue weighted by Gasteiger charge is -2.40. The van der Waals surface area contributed by atoms with Gasteiger partial charge >= 0.3 is 6.09 Å². The van der Waals surface area contributed by atoms with Crippen molar-refractivity contribution in [3.8, 4) is 0 Å². The number of ether oxygens (including phenoxy) is 2. The second-order valence-electron chi connectivity index (χ2n) is 7.72. The smallest absolute Gasteiger partial charge is 0.410 e. The summed E-state index contributed by atoms with van der Waals surface area (Å²) in [6, 6.07) is 0.975. The third-order valence-electron chi connectivity index (χ3n) is 4.10. The normalized spacial score (nSPS) is 24.5. The minimum Gasteiger partial charge on any atom is -0.444 e. The number of methoxy groups -OCH3 is 1. The van der Waals surface area contributed by atoms with E-state index in [1.807, 2.05) is 25.7 Å². The van der Waals surface area contributed by atoms with Gasteiger partial charge in [-0.05, 0) is 46.5 Å². The van der Waals surface area contributed by atoms with Crippen LogP contribution >= 0.6 is 0 Å². The first-order valence-electron chi connectivity index (χ1n) is 8.38. The SMILES string of the molecule is COCC(NC1CCN(C(=O)OC(C)(C)C)C(C)C1)C(C)C. The Balaban J connectivity index is 2.53. The number of amides is 1. The highest BCUT2D eigenvalue weighted by atomic mass is 16.6. The van der Waals surface area contributed by atoms with Crippen LogP contribution in [-0.4, -0.2) is 55.0 Å². The van der Waals surface area contributed by atoms with Gasteiger partial charge in [0.05, 0.1) is 6.61 Å².